The van der Waals surface area contributed by atoms with E-state index in [9.17, 15) is 9.59 Å². The summed E-state index contributed by atoms with van der Waals surface area (Å²) in [6.07, 6.45) is 5.82. The van der Waals surface area contributed by atoms with Gasteiger partial charge in [-0.2, -0.15) is 0 Å². The van der Waals surface area contributed by atoms with Crippen LogP contribution in [0.4, 0.5) is 0 Å². The van der Waals surface area contributed by atoms with Gasteiger partial charge in [-0.25, -0.2) is 0 Å². The molecule has 112 valence electrons. The minimum absolute atomic E-state index is 0.122. The molecule has 0 aliphatic heterocycles. The number of rotatable bonds is 8. The molecule has 5 heteroatoms. The molecule has 0 aliphatic rings. The van der Waals surface area contributed by atoms with Gasteiger partial charge in [-0.1, -0.05) is 26.2 Å². The molecule has 5 nitrogen and oxygen atoms in total. The molecule has 1 aromatic rings. The Hall–Kier alpha value is -1.78. The van der Waals surface area contributed by atoms with Crippen LogP contribution in [0.2, 0.25) is 0 Å². The van der Waals surface area contributed by atoms with E-state index in [0.717, 1.165) is 19.3 Å². The molecule has 2 N–H and O–H groups in total. The number of amides is 2. The molecule has 1 heterocycles. The first-order valence-electron chi connectivity index (χ1n) is 7.19. The number of nitrogens with one attached hydrogen (secondary N) is 2. The average Bonchev–Trinajstić information content (AvgIpc) is 2.92. The summed E-state index contributed by atoms with van der Waals surface area (Å²) in [7, 11) is 0. The van der Waals surface area contributed by atoms with Crippen molar-refractivity contribution in [2.24, 2.45) is 0 Å². The summed E-state index contributed by atoms with van der Waals surface area (Å²) in [6.45, 7) is 5.79. The highest BCUT2D eigenvalue weighted by molar-refractivity contribution is 5.95. The van der Waals surface area contributed by atoms with Crippen molar-refractivity contribution in [3.05, 3.63) is 24.2 Å². The first kappa shape index (κ1) is 16.3. The van der Waals surface area contributed by atoms with E-state index in [2.05, 4.69) is 17.6 Å². The normalized spacial score (nSPS) is 13.6. The molecule has 1 aromatic heterocycles. The highest BCUT2D eigenvalue weighted by Crippen LogP contribution is 2.04. The lowest BCUT2D eigenvalue weighted by Crippen LogP contribution is -2.47. The topological polar surface area (TPSA) is 71.3 Å². The zero-order valence-corrected chi connectivity index (χ0v) is 12.4. The fourth-order valence-corrected chi connectivity index (χ4v) is 1.88. The van der Waals surface area contributed by atoms with Crippen LogP contribution in [0.15, 0.2) is 22.8 Å². The van der Waals surface area contributed by atoms with Gasteiger partial charge >= 0.3 is 0 Å². The molecule has 0 unspecified atom stereocenters. The lowest BCUT2D eigenvalue weighted by Gasteiger charge is -2.18. The number of hydrogen-bond donors (Lipinski definition) is 2. The Morgan fingerprint density at radius 1 is 1.25 bits per heavy atom. The van der Waals surface area contributed by atoms with Crippen LogP contribution in [0.25, 0.3) is 0 Å². The van der Waals surface area contributed by atoms with Crippen molar-refractivity contribution in [1.82, 2.24) is 10.6 Å². The number of carbonyl (C=O) groups excluding carboxylic acids is 2. The molecule has 0 fully saturated rings. The molecule has 0 aliphatic carbocycles. The number of hydrogen-bond acceptors (Lipinski definition) is 3. The molecule has 0 radical (unpaired) electrons. The Balaban J connectivity index is 2.33. The third-order valence-corrected chi connectivity index (χ3v) is 3.12. The van der Waals surface area contributed by atoms with Gasteiger partial charge in [-0.15, -0.1) is 0 Å². The predicted molar refractivity (Wildman–Crippen MR) is 77.4 cm³/mol. The van der Waals surface area contributed by atoms with E-state index in [4.69, 9.17) is 4.42 Å². The fraction of sp³-hybridized carbons (Fsp3) is 0.600. The number of carbonyl (C=O) groups is 2. The maximum Gasteiger partial charge on any atom is 0.287 e. The second-order valence-electron chi connectivity index (χ2n) is 5.08. The molecule has 0 saturated carbocycles. The standard InChI is InChI=1S/C15H24N2O3/c1-4-5-6-8-11(2)16-14(18)12(3)17-15(19)13-9-7-10-20-13/h7,9-12H,4-6,8H2,1-3H3,(H,16,18)(H,17,19)/t11-,12+/m1/s1. The minimum atomic E-state index is -0.582. The van der Waals surface area contributed by atoms with Gasteiger partial charge in [-0.05, 0) is 32.4 Å². The van der Waals surface area contributed by atoms with Gasteiger partial charge in [0.15, 0.2) is 5.76 Å². The van der Waals surface area contributed by atoms with Crippen molar-refractivity contribution in [3.8, 4) is 0 Å². The minimum Gasteiger partial charge on any atom is -0.459 e. The third-order valence-electron chi connectivity index (χ3n) is 3.12. The van der Waals surface area contributed by atoms with Crippen molar-refractivity contribution in [3.63, 3.8) is 0 Å². The summed E-state index contributed by atoms with van der Waals surface area (Å²) in [5, 5.41) is 5.51. The van der Waals surface area contributed by atoms with Crippen LogP contribution < -0.4 is 10.6 Å². The molecule has 0 bridgehead atoms. The Kier molecular flexibility index (Phi) is 6.84. The molecular formula is C15H24N2O3. The first-order chi connectivity index (χ1) is 9.54. The molecule has 0 spiro atoms. The van der Waals surface area contributed by atoms with E-state index in [-0.39, 0.29) is 23.6 Å². The second-order valence-corrected chi connectivity index (χ2v) is 5.08. The van der Waals surface area contributed by atoms with Gasteiger partial charge < -0.3 is 15.1 Å². The van der Waals surface area contributed by atoms with Crippen molar-refractivity contribution in [2.75, 3.05) is 0 Å². The van der Waals surface area contributed by atoms with Crippen molar-refractivity contribution in [2.45, 2.75) is 58.5 Å². The van der Waals surface area contributed by atoms with E-state index in [1.54, 1.807) is 19.1 Å². The maximum atomic E-state index is 11.9. The van der Waals surface area contributed by atoms with Gasteiger partial charge in [0.05, 0.1) is 6.26 Å². The molecule has 0 saturated heterocycles. The summed E-state index contributed by atoms with van der Waals surface area (Å²) in [5.74, 6) is -0.342. The van der Waals surface area contributed by atoms with E-state index < -0.39 is 6.04 Å². The largest absolute Gasteiger partial charge is 0.459 e. The van der Waals surface area contributed by atoms with Crippen LogP contribution in [0, 0.1) is 0 Å². The van der Waals surface area contributed by atoms with Crippen LogP contribution in [0.1, 0.15) is 57.0 Å². The summed E-state index contributed by atoms with van der Waals surface area (Å²) < 4.78 is 4.98. The molecule has 2 amide bonds. The highest BCUT2D eigenvalue weighted by Gasteiger charge is 2.19. The maximum absolute atomic E-state index is 11.9. The Morgan fingerprint density at radius 2 is 2.00 bits per heavy atom. The van der Waals surface area contributed by atoms with Crippen molar-refractivity contribution in [1.29, 1.82) is 0 Å². The smallest absolute Gasteiger partial charge is 0.287 e. The van der Waals surface area contributed by atoms with Crippen molar-refractivity contribution >= 4 is 11.8 Å². The molecule has 2 atom stereocenters. The SMILES string of the molecule is CCCCC[C@@H](C)NC(=O)[C@H](C)NC(=O)c1ccco1. The van der Waals surface area contributed by atoms with Crippen LogP contribution >= 0.6 is 0 Å². The molecule has 1 rings (SSSR count). The Morgan fingerprint density at radius 3 is 2.60 bits per heavy atom. The zero-order chi connectivity index (χ0) is 15.0. The second kappa shape index (κ2) is 8.40. The monoisotopic (exact) mass is 280 g/mol. The van der Waals surface area contributed by atoms with Crippen LogP contribution in [0.5, 0.6) is 0 Å². The lowest BCUT2D eigenvalue weighted by atomic mass is 10.1. The van der Waals surface area contributed by atoms with Gasteiger partial charge in [0.25, 0.3) is 5.91 Å². The summed E-state index contributed by atoms with van der Waals surface area (Å²) in [4.78, 5) is 23.7. The van der Waals surface area contributed by atoms with E-state index in [1.165, 1.54) is 12.7 Å². The van der Waals surface area contributed by atoms with Crippen LogP contribution in [-0.4, -0.2) is 23.9 Å². The number of unbranched alkanes of at least 4 members (excludes halogenated alkanes) is 2. The quantitative estimate of drug-likeness (QED) is 0.719. The Bertz CT molecular complexity index is 415. The Labute approximate surface area is 120 Å². The molecule has 20 heavy (non-hydrogen) atoms. The molecular weight excluding hydrogens is 256 g/mol. The van der Waals surface area contributed by atoms with E-state index in [0.29, 0.717) is 0 Å². The highest BCUT2D eigenvalue weighted by atomic mass is 16.3. The van der Waals surface area contributed by atoms with E-state index >= 15 is 0 Å². The van der Waals surface area contributed by atoms with Crippen LogP contribution in [-0.2, 0) is 4.79 Å². The average molecular weight is 280 g/mol. The van der Waals surface area contributed by atoms with Gasteiger partial charge in [-0.3, -0.25) is 9.59 Å². The van der Waals surface area contributed by atoms with Gasteiger partial charge in [0.1, 0.15) is 6.04 Å². The summed E-state index contributed by atoms with van der Waals surface area (Å²) in [6, 6.07) is 2.74. The fourth-order valence-electron chi connectivity index (χ4n) is 1.88. The van der Waals surface area contributed by atoms with Gasteiger partial charge in [0.2, 0.25) is 5.91 Å². The molecule has 0 aromatic carbocycles. The first-order valence-corrected chi connectivity index (χ1v) is 7.19. The number of furan rings is 1. The van der Waals surface area contributed by atoms with Crippen LogP contribution in [0.3, 0.4) is 0 Å². The van der Waals surface area contributed by atoms with Gasteiger partial charge in [0, 0.05) is 6.04 Å². The zero-order valence-electron chi connectivity index (χ0n) is 12.4. The predicted octanol–water partition coefficient (Wildman–Crippen LogP) is 2.48. The van der Waals surface area contributed by atoms with E-state index in [1.807, 2.05) is 6.92 Å². The lowest BCUT2D eigenvalue weighted by molar-refractivity contribution is -0.123. The summed E-state index contributed by atoms with van der Waals surface area (Å²) in [5.41, 5.74) is 0. The third kappa shape index (κ3) is 5.47. The summed E-state index contributed by atoms with van der Waals surface area (Å²) >= 11 is 0. The van der Waals surface area contributed by atoms with Crippen molar-refractivity contribution < 1.29 is 14.0 Å².